The van der Waals surface area contributed by atoms with Gasteiger partial charge in [-0.1, -0.05) is 24.3 Å². The maximum atomic E-state index is 12.6. The zero-order valence-corrected chi connectivity index (χ0v) is 13.8. The highest BCUT2D eigenvalue weighted by Gasteiger charge is 2.29. The van der Waals surface area contributed by atoms with E-state index in [0.717, 1.165) is 29.7 Å². The van der Waals surface area contributed by atoms with Crippen LogP contribution in [-0.2, 0) is 11.2 Å². The van der Waals surface area contributed by atoms with Gasteiger partial charge < -0.3 is 10.4 Å². The van der Waals surface area contributed by atoms with Gasteiger partial charge in [-0.3, -0.25) is 4.79 Å². The minimum Gasteiger partial charge on any atom is -0.477 e. The van der Waals surface area contributed by atoms with Crippen molar-refractivity contribution in [2.24, 2.45) is 0 Å². The molecule has 1 aliphatic rings. The van der Waals surface area contributed by atoms with Gasteiger partial charge in [0.25, 0.3) is 0 Å². The van der Waals surface area contributed by atoms with E-state index in [0.29, 0.717) is 10.7 Å². The standard InChI is InChI=1S/C17H18N2O3S/c1-9-14(17(21)22)23-16(19-9)10(2)18-15(20)13-8-7-11-5-3-4-6-12(11)13/h3-6,10,13H,7-8H2,1-2H3,(H,18,20)(H,21,22). The molecule has 23 heavy (non-hydrogen) atoms. The number of carboxylic acids is 1. The summed E-state index contributed by atoms with van der Waals surface area (Å²) in [5.74, 6) is -1.13. The van der Waals surface area contributed by atoms with Gasteiger partial charge in [-0.15, -0.1) is 11.3 Å². The SMILES string of the molecule is Cc1nc(C(C)NC(=O)C2CCc3ccccc32)sc1C(=O)O. The number of carbonyl (C=O) groups excluding carboxylic acids is 1. The number of nitrogens with one attached hydrogen (secondary N) is 1. The highest BCUT2D eigenvalue weighted by Crippen LogP contribution is 2.33. The Morgan fingerprint density at radius 2 is 2.13 bits per heavy atom. The number of hydrogen-bond donors (Lipinski definition) is 2. The van der Waals surface area contributed by atoms with E-state index in [9.17, 15) is 9.59 Å². The fourth-order valence-electron chi connectivity index (χ4n) is 3.01. The number of benzene rings is 1. The number of thiazole rings is 1. The Balaban J connectivity index is 1.73. The van der Waals surface area contributed by atoms with E-state index in [1.807, 2.05) is 25.1 Å². The molecule has 1 aliphatic carbocycles. The topological polar surface area (TPSA) is 79.3 Å². The summed E-state index contributed by atoms with van der Waals surface area (Å²) in [4.78, 5) is 28.2. The Bertz CT molecular complexity index is 769. The molecule has 0 spiro atoms. The molecule has 0 saturated heterocycles. The van der Waals surface area contributed by atoms with Crippen LogP contribution < -0.4 is 5.32 Å². The molecule has 0 fully saturated rings. The summed E-state index contributed by atoms with van der Waals surface area (Å²) >= 11 is 1.12. The summed E-state index contributed by atoms with van der Waals surface area (Å²) in [5, 5.41) is 12.7. The average Bonchev–Trinajstić information content (AvgIpc) is 3.10. The van der Waals surface area contributed by atoms with Crippen molar-refractivity contribution < 1.29 is 14.7 Å². The number of fused-ring (bicyclic) bond motifs is 1. The van der Waals surface area contributed by atoms with Crippen LogP contribution >= 0.6 is 11.3 Å². The maximum absolute atomic E-state index is 12.6. The van der Waals surface area contributed by atoms with Crippen LogP contribution in [0, 0.1) is 6.92 Å². The van der Waals surface area contributed by atoms with E-state index in [-0.39, 0.29) is 22.7 Å². The number of amides is 1. The van der Waals surface area contributed by atoms with Gasteiger partial charge in [0.15, 0.2) is 0 Å². The molecule has 2 N–H and O–H groups in total. The number of aromatic nitrogens is 1. The molecule has 1 heterocycles. The Morgan fingerprint density at radius 1 is 1.39 bits per heavy atom. The van der Waals surface area contributed by atoms with Crippen molar-refractivity contribution in [2.75, 3.05) is 0 Å². The molecule has 0 saturated carbocycles. The van der Waals surface area contributed by atoms with Gasteiger partial charge >= 0.3 is 5.97 Å². The van der Waals surface area contributed by atoms with Gasteiger partial charge in [0, 0.05) is 0 Å². The summed E-state index contributed by atoms with van der Waals surface area (Å²) < 4.78 is 0. The van der Waals surface area contributed by atoms with Crippen molar-refractivity contribution in [1.29, 1.82) is 0 Å². The summed E-state index contributed by atoms with van der Waals surface area (Å²) in [6, 6.07) is 7.72. The van der Waals surface area contributed by atoms with E-state index in [4.69, 9.17) is 5.11 Å². The van der Waals surface area contributed by atoms with Gasteiger partial charge in [-0.2, -0.15) is 0 Å². The van der Waals surface area contributed by atoms with Crippen LogP contribution in [-0.4, -0.2) is 22.0 Å². The first-order valence-corrected chi connectivity index (χ1v) is 8.38. The molecule has 1 aromatic carbocycles. The molecule has 2 unspecified atom stereocenters. The molecule has 0 radical (unpaired) electrons. The lowest BCUT2D eigenvalue weighted by Crippen LogP contribution is -2.30. The van der Waals surface area contributed by atoms with Crippen molar-refractivity contribution in [3.8, 4) is 0 Å². The van der Waals surface area contributed by atoms with E-state index in [1.54, 1.807) is 6.92 Å². The Hall–Kier alpha value is -2.21. The quantitative estimate of drug-likeness (QED) is 0.903. The highest BCUT2D eigenvalue weighted by molar-refractivity contribution is 7.13. The molecular weight excluding hydrogens is 312 g/mol. The Morgan fingerprint density at radius 3 is 2.83 bits per heavy atom. The summed E-state index contributed by atoms with van der Waals surface area (Å²) in [6.07, 6.45) is 1.73. The Kier molecular flexibility index (Phi) is 4.17. The largest absolute Gasteiger partial charge is 0.477 e. The van der Waals surface area contributed by atoms with Crippen LogP contribution in [0.4, 0.5) is 0 Å². The molecule has 120 valence electrons. The van der Waals surface area contributed by atoms with Crippen LogP contribution in [0.25, 0.3) is 0 Å². The molecule has 3 rings (SSSR count). The maximum Gasteiger partial charge on any atom is 0.347 e. The zero-order valence-electron chi connectivity index (χ0n) is 13.0. The van der Waals surface area contributed by atoms with Crippen molar-refractivity contribution in [1.82, 2.24) is 10.3 Å². The number of rotatable bonds is 4. The molecule has 2 aromatic rings. The summed E-state index contributed by atoms with van der Waals surface area (Å²) in [5.41, 5.74) is 2.82. The molecule has 0 bridgehead atoms. The van der Waals surface area contributed by atoms with Crippen LogP contribution in [0.2, 0.25) is 0 Å². The van der Waals surface area contributed by atoms with E-state index < -0.39 is 5.97 Å². The van der Waals surface area contributed by atoms with Crippen LogP contribution in [0.1, 0.15) is 56.8 Å². The number of aryl methyl sites for hydroxylation is 2. The molecule has 0 aliphatic heterocycles. The van der Waals surface area contributed by atoms with Gasteiger partial charge in [0.1, 0.15) is 9.88 Å². The van der Waals surface area contributed by atoms with Gasteiger partial charge in [0.05, 0.1) is 17.7 Å². The molecule has 5 nitrogen and oxygen atoms in total. The second kappa shape index (κ2) is 6.12. The highest BCUT2D eigenvalue weighted by atomic mass is 32.1. The number of carboxylic acid groups (broad SMARTS) is 1. The van der Waals surface area contributed by atoms with Crippen LogP contribution in [0.5, 0.6) is 0 Å². The van der Waals surface area contributed by atoms with Crippen molar-refractivity contribution >= 4 is 23.2 Å². The lowest BCUT2D eigenvalue weighted by Gasteiger charge is -2.16. The first-order chi connectivity index (χ1) is 11.0. The fourth-order valence-corrected chi connectivity index (χ4v) is 3.91. The zero-order chi connectivity index (χ0) is 16.6. The van der Waals surface area contributed by atoms with E-state index in [1.165, 1.54) is 5.56 Å². The number of nitrogens with zero attached hydrogens (tertiary/aromatic N) is 1. The minimum absolute atomic E-state index is 0.0211. The molecule has 1 amide bonds. The predicted octanol–water partition coefficient (Wildman–Crippen LogP) is 3.06. The first-order valence-electron chi connectivity index (χ1n) is 7.56. The summed E-state index contributed by atoms with van der Waals surface area (Å²) in [7, 11) is 0. The number of hydrogen-bond acceptors (Lipinski definition) is 4. The third kappa shape index (κ3) is 2.99. The molecule has 1 aromatic heterocycles. The number of aromatic carboxylic acids is 1. The summed E-state index contributed by atoms with van der Waals surface area (Å²) in [6.45, 7) is 3.51. The second-order valence-electron chi connectivity index (χ2n) is 5.79. The van der Waals surface area contributed by atoms with Crippen molar-refractivity contribution in [3.05, 3.63) is 51.0 Å². The van der Waals surface area contributed by atoms with Gasteiger partial charge in [-0.05, 0) is 37.8 Å². The average molecular weight is 330 g/mol. The fraction of sp³-hybridized carbons (Fsp3) is 0.353. The van der Waals surface area contributed by atoms with Gasteiger partial charge in [-0.25, -0.2) is 9.78 Å². The monoisotopic (exact) mass is 330 g/mol. The van der Waals surface area contributed by atoms with Crippen LogP contribution in [0.3, 0.4) is 0 Å². The molecule has 2 atom stereocenters. The van der Waals surface area contributed by atoms with Gasteiger partial charge in [0.2, 0.25) is 5.91 Å². The van der Waals surface area contributed by atoms with Crippen molar-refractivity contribution in [3.63, 3.8) is 0 Å². The second-order valence-corrected chi connectivity index (χ2v) is 6.82. The molecular formula is C17H18N2O3S. The number of carbonyl (C=O) groups is 2. The third-order valence-electron chi connectivity index (χ3n) is 4.19. The molecule has 6 heteroatoms. The van der Waals surface area contributed by atoms with Crippen molar-refractivity contribution in [2.45, 2.75) is 38.6 Å². The normalized spacial score (nSPS) is 17.6. The van der Waals surface area contributed by atoms with Crippen LogP contribution in [0.15, 0.2) is 24.3 Å². The smallest absolute Gasteiger partial charge is 0.347 e. The lowest BCUT2D eigenvalue weighted by molar-refractivity contribution is -0.123. The first kappa shape index (κ1) is 15.7. The van der Waals surface area contributed by atoms with E-state index >= 15 is 0 Å². The predicted molar refractivity (Wildman–Crippen MR) is 87.9 cm³/mol. The lowest BCUT2D eigenvalue weighted by atomic mass is 10.0. The Labute approximate surface area is 138 Å². The third-order valence-corrected chi connectivity index (χ3v) is 5.51. The van der Waals surface area contributed by atoms with E-state index in [2.05, 4.69) is 16.4 Å². The minimum atomic E-state index is -0.977.